The third-order valence-electron chi connectivity index (χ3n) is 3.92. The van der Waals surface area contributed by atoms with Crippen LogP contribution in [-0.4, -0.2) is 11.7 Å². The fraction of sp³-hybridized carbons (Fsp3) is 0.158. The van der Waals surface area contributed by atoms with Crippen LogP contribution in [0.3, 0.4) is 0 Å². The second kappa shape index (κ2) is 7.00. The van der Waals surface area contributed by atoms with Crippen molar-refractivity contribution in [1.82, 2.24) is 10.6 Å². The minimum absolute atomic E-state index is 0.200. The van der Waals surface area contributed by atoms with Crippen LogP contribution in [0.4, 0.5) is 10.5 Å². The van der Waals surface area contributed by atoms with Crippen LogP contribution in [0.15, 0.2) is 77.0 Å². The summed E-state index contributed by atoms with van der Waals surface area (Å²) >= 11 is 0. The van der Waals surface area contributed by atoms with E-state index in [0.29, 0.717) is 0 Å². The van der Waals surface area contributed by atoms with Crippen LogP contribution in [0.5, 0.6) is 0 Å². The first-order valence-electron chi connectivity index (χ1n) is 7.84. The van der Waals surface area contributed by atoms with E-state index in [0.717, 1.165) is 28.2 Å². The summed E-state index contributed by atoms with van der Waals surface area (Å²) < 4.78 is 0. The number of rotatable bonds is 4. The molecule has 0 radical (unpaired) electrons. The Labute approximate surface area is 141 Å². The molecule has 5 nitrogen and oxygen atoms in total. The number of urea groups is 1. The minimum Gasteiger partial charge on any atom is -0.327 e. The first-order chi connectivity index (χ1) is 11.6. The lowest BCUT2D eigenvalue weighted by atomic mass is 9.93. The number of anilines is 1. The van der Waals surface area contributed by atoms with E-state index in [9.17, 15) is 4.79 Å². The van der Waals surface area contributed by atoms with Gasteiger partial charge in [0.25, 0.3) is 0 Å². The summed E-state index contributed by atoms with van der Waals surface area (Å²) in [6.07, 6.45) is 0. The van der Waals surface area contributed by atoms with Gasteiger partial charge in [0.1, 0.15) is 0 Å². The van der Waals surface area contributed by atoms with Gasteiger partial charge in [-0.25, -0.2) is 4.79 Å². The van der Waals surface area contributed by atoms with Gasteiger partial charge in [-0.2, -0.15) is 5.10 Å². The van der Waals surface area contributed by atoms with E-state index < -0.39 is 0 Å². The van der Waals surface area contributed by atoms with E-state index in [4.69, 9.17) is 0 Å². The highest BCUT2D eigenvalue weighted by molar-refractivity contribution is 6.02. The zero-order chi connectivity index (χ0) is 16.9. The number of carbonyl (C=O) groups excluding carboxylic acids is 1. The van der Waals surface area contributed by atoms with Crippen molar-refractivity contribution in [3.05, 3.63) is 77.5 Å². The van der Waals surface area contributed by atoms with E-state index in [2.05, 4.69) is 21.2 Å². The van der Waals surface area contributed by atoms with Gasteiger partial charge in [-0.05, 0) is 31.5 Å². The average molecular weight is 320 g/mol. The standard InChI is InChI=1S/C19H20N4O/c1-13-17(14(2)22-23-16-11-7-4-8-12-16)18(21-19(24)20-13)15-9-5-3-6-10-15/h3-12,18,23H,1-2H3,(H2,20,21,24)/b22-14-. The molecule has 5 heteroatoms. The maximum absolute atomic E-state index is 11.9. The van der Waals surface area contributed by atoms with Crippen molar-refractivity contribution in [2.75, 3.05) is 5.43 Å². The first kappa shape index (κ1) is 15.8. The van der Waals surface area contributed by atoms with Gasteiger partial charge in [-0.1, -0.05) is 48.5 Å². The van der Waals surface area contributed by atoms with Gasteiger partial charge >= 0.3 is 6.03 Å². The quantitative estimate of drug-likeness (QED) is 0.592. The molecular weight excluding hydrogens is 300 g/mol. The lowest BCUT2D eigenvalue weighted by Gasteiger charge is -2.29. The van der Waals surface area contributed by atoms with E-state index >= 15 is 0 Å². The molecule has 3 rings (SSSR count). The van der Waals surface area contributed by atoms with E-state index in [-0.39, 0.29) is 12.1 Å². The van der Waals surface area contributed by atoms with Crippen LogP contribution >= 0.6 is 0 Å². The molecule has 122 valence electrons. The molecule has 0 aliphatic carbocycles. The number of benzene rings is 2. The largest absolute Gasteiger partial charge is 0.327 e. The van der Waals surface area contributed by atoms with E-state index in [1.54, 1.807) is 0 Å². The Bertz CT molecular complexity index is 782. The van der Waals surface area contributed by atoms with Crippen molar-refractivity contribution in [2.45, 2.75) is 19.9 Å². The van der Waals surface area contributed by atoms with Crippen molar-refractivity contribution in [3.63, 3.8) is 0 Å². The molecule has 0 fully saturated rings. The van der Waals surface area contributed by atoms with E-state index in [1.807, 2.05) is 74.5 Å². The normalized spacial score (nSPS) is 18.0. The van der Waals surface area contributed by atoms with Crippen molar-refractivity contribution in [2.24, 2.45) is 5.10 Å². The molecule has 1 heterocycles. The molecule has 1 aliphatic rings. The molecule has 0 bridgehead atoms. The van der Waals surface area contributed by atoms with Crippen LogP contribution in [0.25, 0.3) is 0 Å². The fourth-order valence-corrected chi connectivity index (χ4v) is 2.79. The lowest BCUT2D eigenvalue weighted by molar-refractivity contribution is 0.239. The average Bonchev–Trinajstić information content (AvgIpc) is 2.60. The summed E-state index contributed by atoms with van der Waals surface area (Å²) in [5.41, 5.74) is 7.59. The maximum atomic E-state index is 11.9. The number of allylic oxidation sites excluding steroid dienone is 1. The van der Waals surface area contributed by atoms with Crippen LogP contribution in [-0.2, 0) is 0 Å². The molecule has 0 saturated carbocycles. The Hall–Kier alpha value is -3.08. The number of hydrazone groups is 1. The van der Waals surface area contributed by atoms with Gasteiger partial charge in [-0.3, -0.25) is 5.43 Å². The summed E-state index contributed by atoms with van der Waals surface area (Å²) in [5, 5.41) is 10.3. The highest BCUT2D eigenvalue weighted by Gasteiger charge is 2.28. The Morgan fingerprint density at radius 2 is 1.67 bits per heavy atom. The van der Waals surface area contributed by atoms with Crippen molar-refractivity contribution >= 4 is 17.4 Å². The van der Waals surface area contributed by atoms with Crippen LogP contribution in [0, 0.1) is 0 Å². The monoisotopic (exact) mass is 320 g/mol. The van der Waals surface area contributed by atoms with Crippen molar-refractivity contribution in [3.8, 4) is 0 Å². The number of hydrogen-bond donors (Lipinski definition) is 3. The molecule has 1 aliphatic heterocycles. The molecule has 2 aromatic rings. The minimum atomic E-state index is -0.221. The van der Waals surface area contributed by atoms with Gasteiger partial charge < -0.3 is 10.6 Å². The summed E-state index contributed by atoms with van der Waals surface area (Å²) in [6, 6.07) is 19.2. The molecule has 1 atom stereocenters. The number of amides is 2. The zero-order valence-corrected chi connectivity index (χ0v) is 13.7. The predicted molar refractivity (Wildman–Crippen MR) is 96.7 cm³/mol. The van der Waals surface area contributed by atoms with Gasteiger partial charge in [0.2, 0.25) is 0 Å². The Balaban J connectivity index is 1.92. The van der Waals surface area contributed by atoms with Gasteiger partial charge in [-0.15, -0.1) is 0 Å². The summed E-state index contributed by atoms with van der Waals surface area (Å²) in [4.78, 5) is 11.9. The first-order valence-corrected chi connectivity index (χ1v) is 7.84. The van der Waals surface area contributed by atoms with Gasteiger partial charge in [0, 0.05) is 11.3 Å². The number of hydrogen-bond acceptors (Lipinski definition) is 3. The molecule has 1 unspecified atom stereocenters. The lowest BCUT2D eigenvalue weighted by Crippen LogP contribution is -2.44. The van der Waals surface area contributed by atoms with Crippen LogP contribution in [0.2, 0.25) is 0 Å². The molecule has 24 heavy (non-hydrogen) atoms. The molecule has 0 saturated heterocycles. The van der Waals surface area contributed by atoms with Gasteiger partial charge in [0.15, 0.2) is 0 Å². The molecule has 0 aromatic heterocycles. The third kappa shape index (κ3) is 3.46. The SMILES string of the molecule is CC1=C(/C(C)=N\Nc2ccccc2)C(c2ccccc2)NC(=O)N1. The topological polar surface area (TPSA) is 65.5 Å². The smallest absolute Gasteiger partial charge is 0.319 e. The molecule has 2 aromatic carbocycles. The van der Waals surface area contributed by atoms with Gasteiger partial charge in [0.05, 0.1) is 17.4 Å². The van der Waals surface area contributed by atoms with E-state index in [1.165, 1.54) is 0 Å². The molecule has 3 N–H and O–H groups in total. The maximum Gasteiger partial charge on any atom is 0.319 e. The third-order valence-corrected chi connectivity index (χ3v) is 3.92. The second-order valence-corrected chi connectivity index (χ2v) is 5.66. The Kier molecular flexibility index (Phi) is 4.61. The fourth-order valence-electron chi connectivity index (χ4n) is 2.79. The number of para-hydroxylation sites is 1. The van der Waals surface area contributed by atoms with Crippen molar-refractivity contribution < 1.29 is 4.79 Å². The van der Waals surface area contributed by atoms with Crippen LogP contribution < -0.4 is 16.1 Å². The zero-order valence-electron chi connectivity index (χ0n) is 13.7. The molecule has 0 spiro atoms. The summed E-state index contributed by atoms with van der Waals surface area (Å²) in [5.74, 6) is 0. The molecular formula is C19H20N4O. The highest BCUT2D eigenvalue weighted by Crippen LogP contribution is 2.27. The summed E-state index contributed by atoms with van der Waals surface area (Å²) in [6.45, 7) is 3.83. The number of nitrogens with zero attached hydrogens (tertiary/aromatic N) is 1. The molecule has 2 amide bonds. The van der Waals surface area contributed by atoms with Crippen molar-refractivity contribution in [1.29, 1.82) is 0 Å². The Morgan fingerprint density at radius 1 is 1.04 bits per heavy atom. The Morgan fingerprint density at radius 3 is 2.33 bits per heavy atom. The highest BCUT2D eigenvalue weighted by atomic mass is 16.2. The number of nitrogens with one attached hydrogen (secondary N) is 3. The number of carbonyl (C=O) groups is 1. The predicted octanol–water partition coefficient (Wildman–Crippen LogP) is 3.80. The second-order valence-electron chi connectivity index (χ2n) is 5.66. The summed E-state index contributed by atoms with van der Waals surface area (Å²) in [7, 11) is 0. The van der Waals surface area contributed by atoms with Crippen LogP contribution in [0.1, 0.15) is 25.5 Å².